The van der Waals surface area contributed by atoms with Crippen LogP contribution in [0.15, 0.2) is 18.2 Å². The lowest BCUT2D eigenvalue weighted by molar-refractivity contribution is 0.0775. The van der Waals surface area contributed by atoms with E-state index >= 15 is 0 Å². The van der Waals surface area contributed by atoms with Gasteiger partial charge in [0.15, 0.2) is 0 Å². The Morgan fingerprint density at radius 1 is 1.24 bits per heavy atom. The van der Waals surface area contributed by atoms with Gasteiger partial charge in [-0.15, -0.1) is 0 Å². The first-order valence-corrected chi connectivity index (χ1v) is 8.56. The summed E-state index contributed by atoms with van der Waals surface area (Å²) in [4.78, 5) is 0. The molecule has 0 spiro atoms. The lowest BCUT2D eigenvalue weighted by Gasteiger charge is -2.28. The van der Waals surface area contributed by atoms with Crippen LogP contribution in [-0.2, 0) is 11.2 Å². The van der Waals surface area contributed by atoms with Crippen molar-refractivity contribution in [2.45, 2.75) is 65.5 Å². The maximum Gasteiger partial charge on any atom is 0.0616 e. The fraction of sp³-hybridized carbons (Fsp3) is 0.684. The Morgan fingerprint density at radius 3 is 2.71 bits per heavy atom. The van der Waals surface area contributed by atoms with Crippen molar-refractivity contribution in [1.29, 1.82) is 0 Å². The average Bonchev–Trinajstić information content (AvgIpc) is 2.95. The van der Waals surface area contributed by atoms with Crippen LogP contribution in [0, 0.1) is 19.8 Å². The number of rotatable bonds is 7. The predicted octanol–water partition coefficient (Wildman–Crippen LogP) is 4.03. The molecule has 3 atom stereocenters. The van der Waals surface area contributed by atoms with E-state index in [1.54, 1.807) is 0 Å². The van der Waals surface area contributed by atoms with Gasteiger partial charge in [0, 0.05) is 18.6 Å². The van der Waals surface area contributed by atoms with Crippen molar-refractivity contribution in [2.24, 2.45) is 5.92 Å². The van der Waals surface area contributed by atoms with Crippen LogP contribution in [0.25, 0.3) is 0 Å². The molecule has 1 aromatic carbocycles. The molecule has 1 fully saturated rings. The third kappa shape index (κ3) is 4.31. The topological polar surface area (TPSA) is 21.3 Å². The minimum absolute atomic E-state index is 0.436. The van der Waals surface area contributed by atoms with Gasteiger partial charge in [0.1, 0.15) is 0 Å². The van der Waals surface area contributed by atoms with Crippen LogP contribution in [0.4, 0.5) is 0 Å². The lowest BCUT2D eigenvalue weighted by atomic mass is 9.86. The molecule has 0 aromatic heterocycles. The molecule has 2 rings (SSSR count). The van der Waals surface area contributed by atoms with Gasteiger partial charge < -0.3 is 10.1 Å². The molecule has 0 radical (unpaired) electrons. The first-order chi connectivity index (χ1) is 10.2. The molecule has 1 aromatic rings. The largest absolute Gasteiger partial charge is 0.378 e. The standard InChI is InChI=1S/C19H31NO/c1-5-10-20-18(17-9-11-21-19(17)6-2)13-16-8-7-14(3)15(4)12-16/h7-8,12,17-20H,5-6,9-11,13H2,1-4H3. The van der Waals surface area contributed by atoms with E-state index in [2.05, 4.69) is 51.2 Å². The van der Waals surface area contributed by atoms with Gasteiger partial charge in [-0.2, -0.15) is 0 Å². The van der Waals surface area contributed by atoms with Crippen LogP contribution >= 0.6 is 0 Å². The zero-order valence-electron chi connectivity index (χ0n) is 14.1. The van der Waals surface area contributed by atoms with Gasteiger partial charge in [-0.05, 0) is 62.8 Å². The number of aryl methyl sites for hydroxylation is 2. The van der Waals surface area contributed by atoms with Gasteiger partial charge in [0.25, 0.3) is 0 Å². The van der Waals surface area contributed by atoms with E-state index in [0.717, 1.165) is 26.0 Å². The maximum atomic E-state index is 5.92. The first kappa shape index (κ1) is 16.5. The van der Waals surface area contributed by atoms with Crippen LogP contribution in [0.3, 0.4) is 0 Å². The molecule has 3 unspecified atom stereocenters. The third-order valence-corrected chi connectivity index (χ3v) is 4.86. The Morgan fingerprint density at radius 2 is 2.05 bits per heavy atom. The summed E-state index contributed by atoms with van der Waals surface area (Å²) < 4.78 is 5.92. The summed E-state index contributed by atoms with van der Waals surface area (Å²) in [5, 5.41) is 3.78. The molecular weight excluding hydrogens is 258 g/mol. The van der Waals surface area contributed by atoms with Crippen molar-refractivity contribution in [3.05, 3.63) is 34.9 Å². The second-order valence-corrected chi connectivity index (χ2v) is 6.45. The van der Waals surface area contributed by atoms with E-state index in [1.807, 2.05) is 0 Å². The lowest BCUT2D eigenvalue weighted by Crippen LogP contribution is -2.41. The molecule has 1 saturated heterocycles. The van der Waals surface area contributed by atoms with Gasteiger partial charge in [-0.1, -0.05) is 32.0 Å². The summed E-state index contributed by atoms with van der Waals surface area (Å²) >= 11 is 0. The Labute approximate surface area is 130 Å². The van der Waals surface area contributed by atoms with Gasteiger partial charge in [-0.25, -0.2) is 0 Å². The van der Waals surface area contributed by atoms with Gasteiger partial charge in [0.05, 0.1) is 6.10 Å². The molecule has 1 heterocycles. The van der Waals surface area contributed by atoms with Crippen LogP contribution in [0.2, 0.25) is 0 Å². The monoisotopic (exact) mass is 289 g/mol. The smallest absolute Gasteiger partial charge is 0.0616 e. The minimum Gasteiger partial charge on any atom is -0.378 e. The molecule has 0 aliphatic carbocycles. The maximum absolute atomic E-state index is 5.92. The summed E-state index contributed by atoms with van der Waals surface area (Å²) in [7, 11) is 0. The van der Waals surface area contributed by atoms with Crippen molar-refractivity contribution in [3.63, 3.8) is 0 Å². The summed E-state index contributed by atoms with van der Waals surface area (Å²) in [5.41, 5.74) is 4.23. The highest BCUT2D eigenvalue weighted by Crippen LogP contribution is 2.28. The Balaban J connectivity index is 2.09. The molecule has 0 amide bonds. The van der Waals surface area contributed by atoms with E-state index in [0.29, 0.717) is 18.1 Å². The number of ether oxygens (including phenoxy) is 1. The van der Waals surface area contributed by atoms with E-state index < -0.39 is 0 Å². The number of hydrogen-bond donors (Lipinski definition) is 1. The van der Waals surface area contributed by atoms with Crippen molar-refractivity contribution in [2.75, 3.05) is 13.2 Å². The van der Waals surface area contributed by atoms with E-state index in [1.165, 1.54) is 29.5 Å². The second-order valence-electron chi connectivity index (χ2n) is 6.45. The molecule has 1 aliphatic heterocycles. The van der Waals surface area contributed by atoms with Crippen molar-refractivity contribution in [1.82, 2.24) is 5.32 Å². The summed E-state index contributed by atoms with van der Waals surface area (Å²) in [6.45, 7) is 10.9. The highest BCUT2D eigenvalue weighted by molar-refractivity contribution is 5.30. The van der Waals surface area contributed by atoms with Crippen molar-refractivity contribution in [3.8, 4) is 0 Å². The quantitative estimate of drug-likeness (QED) is 0.818. The molecular formula is C19H31NO. The number of nitrogens with one attached hydrogen (secondary N) is 1. The molecule has 2 heteroatoms. The molecule has 2 nitrogen and oxygen atoms in total. The summed E-state index contributed by atoms with van der Waals surface area (Å²) in [5.74, 6) is 0.656. The van der Waals surface area contributed by atoms with Crippen LogP contribution < -0.4 is 5.32 Å². The predicted molar refractivity (Wildman–Crippen MR) is 89.8 cm³/mol. The van der Waals surface area contributed by atoms with E-state index in [4.69, 9.17) is 4.74 Å². The highest BCUT2D eigenvalue weighted by atomic mass is 16.5. The molecule has 1 N–H and O–H groups in total. The van der Waals surface area contributed by atoms with Crippen LogP contribution in [0.5, 0.6) is 0 Å². The Bertz CT molecular complexity index is 443. The van der Waals surface area contributed by atoms with Crippen LogP contribution in [0.1, 0.15) is 49.8 Å². The van der Waals surface area contributed by atoms with Gasteiger partial charge in [-0.3, -0.25) is 0 Å². The second kappa shape index (κ2) is 7.95. The molecule has 118 valence electrons. The van der Waals surface area contributed by atoms with Crippen molar-refractivity contribution >= 4 is 0 Å². The summed E-state index contributed by atoms with van der Waals surface area (Å²) in [6, 6.07) is 7.44. The first-order valence-electron chi connectivity index (χ1n) is 8.56. The zero-order valence-corrected chi connectivity index (χ0v) is 14.1. The highest BCUT2D eigenvalue weighted by Gasteiger charge is 2.33. The zero-order chi connectivity index (χ0) is 15.2. The van der Waals surface area contributed by atoms with Gasteiger partial charge in [0.2, 0.25) is 0 Å². The van der Waals surface area contributed by atoms with Crippen LogP contribution in [-0.4, -0.2) is 25.3 Å². The number of hydrogen-bond acceptors (Lipinski definition) is 2. The third-order valence-electron chi connectivity index (χ3n) is 4.86. The number of benzene rings is 1. The Kier molecular flexibility index (Phi) is 6.25. The van der Waals surface area contributed by atoms with Crippen molar-refractivity contribution < 1.29 is 4.74 Å². The average molecular weight is 289 g/mol. The van der Waals surface area contributed by atoms with Gasteiger partial charge >= 0.3 is 0 Å². The Hall–Kier alpha value is -0.860. The SMILES string of the molecule is CCCNC(Cc1ccc(C)c(C)c1)C1CCOC1CC. The molecule has 21 heavy (non-hydrogen) atoms. The molecule has 0 saturated carbocycles. The fourth-order valence-corrected chi connectivity index (χ4v) is 3.43. The molecule has 1 aliphatic rings. The summed E-state index contributed by atoms with van der Waals surface area (Å²) in [6.07, 6.45) is 5.07. The fourth-order valence-electron chi connectivity index (χ4n) is 3.43. The molecule has 0 bridgehead atoms. The van der Waals surface area contributed by atoms with E-state index in [-0.39, 0.29) is 0 Å². The normalized spacial score (nSPS) is 23.4. The minimum atomic E-state index is 0.436. The van der Waals surface area contributed by atoms with E-state index in [9.17, 15) is 0 Å².